The van der Waals surface area contributed by atoms with Crippen molar-refractivity contribution in [3.05, 3.63) is 60.6 Å². The third kappa shape index (κ3) is 4.20. The van der Waals surface area contributed by atoms with Gasteiger partial charge in [0, 0.05) is 6.07 Å². The van der Waals surface area contributed by atoms with Crippen LogP contribution >= 0.6 is 15.9 Å². The van der Waals surface area contributed by atoms with Crippen molar-refractivity contribution in [2.75, 3.05) is 12.5 Å². The number of nitro groups is 2. The predicted molar refractivity (Wildman–Crippen MR) is 93.3 cm³/mol. The van der Waals surface area contributed by atoms with Gasteiger partial charge in [-0.05, 0) is 39.7 Å². The maximum absolute atomic E-state index is 11.0. The fraction of sp³-hybridized carbons (Fsp3) is 0.0714. The van der Waals surface area contributed by atoms with Crippen LogP contribution in [0.5, 0.6) is 11.5 Å². The third-order valence-corrected chi connectivity index (χ3v) is 3.66. The van der Waals surface area contributed by atoms with Crippen LogP contribution in [0.2, 0.25) is 0 Å². The van der Waals surface area contributed by atoms with E-state index in [-0.39, 0.29) is 17.2 Å². The number of phenols is 1. The SMILES string of the molecule is COc1cc(/C=N/Nc2ccc([N+](=O)[O-])cc2[N+](=O)[O-])cc(Br)c1O. The van der Waals surface area contributed by atoms with Gasteiger partial charge in [-0.3, -0.25) is 25.7 Å². The minimum Gasteiger partial charge on any atom is -0.503 e. The Kier molecular flexibility index (Phi) is 5.49. The maximum atomic E-state index is 11.0. The van der Waals surface area contributed by atoms with Crippen molar-refractivity contribution in [2.24, 2.45) is 5.10 Å². The van der Waals surface area contributed by atoms with E-state index < -0.39 is 21.2 Å². The molecule has 0 aliphatic carbocycles. The van der Waals surface area contributed by atoms with E-state index in [1.807, 2.05) is 0 Å². The molecule has 25 heavy (non-hydrogen) atoms. The summed E-state index contributed by atoms with van der Waals surface area (Å²) in [6.45, 7) is 0. The first kappa shape index (κ1) is 18.1. The number of phenolic OH excluding ortho intramolecular Hbond substituents is 1. The van der Waals surface area contributed by atoms with Crippen LogP contribution in [-0.2, 0) is 0 Å². The molecule has 0 radical (unpaired) electrons. The summed E-state index contributed by atoms with van der Waals surface area (Å²) in [5.41, 5.74) is 2.13. The predicted octanol–water partition coefficient (Wildman–Crippen LogP) is 3.43. The van der Waals surface area contributed by atoms with Crippen molar-refractivity contribution in [1.82, 2.24) is 0 Å². The number of halogens is 1. The van der Waals surface area contributed by atoms with Gasteiger partial charge in [0.25, 0.3) is 5.69 Å². The number of ether oxygens (including phenoxy) is 1. The minimum absolute atomic E-state index is 0.00309. The first-order valence-corrected chi connectivity index (χ1v) is 7.41. The number of hydrogen-bond acceptors (Lipinski definition) is 8. The standard InChI is InChI=1S/C14H11BrN4O6/c1-25-13-5-8(4-10(15)14(13)20)7-16-17-11-3-2-9(18(21)22)6-12(11)19(23)24/h2-7,17,20H,1H3/b16-7+. The first-order valence-electron chi connectivity index (χ1n) is 6.62. The van der Waals surface area contributed by atoms with E-state index in [1.54, 1.807) is 6.07 Å². The van der Waals surface area contributed by atoms with Crippen molar-refractivity contribution < 1.29 is 19.7 Å². The lowest BCUT2D eigenvalue weighted by Gasteiger charge is -2.06. The minimum atomic E-state index is -0.745. The average molecular weight is 411 g/mol. The molecule has 11 heteroatoms. The summed E-state index contributed by atoms with van der Waals surface area (Å²) in [5, 5.41) is 35.3. The van der Waals surface area contributed by atoms with E-state index in [9.17, 15) is 25.3 Å². The number of nitro benzene ring substituents is 2. The summed E-state index contributed by atoms with van der Waals surface area (Å²) < 4.78 is 5.39. The topological polar surface area (TPSA) is 140 Å². The highest BCUT2D eigenvalue weighted by Gasteiger charge is 2.19. The number of rotatable bonds is 6. The van der Waals surface area contributed by atoms with Crippen molar-refractivity contribution in [2.45, 2.75) is 0 Å². The molecular weight excluding hydrogens is 400 g/mol. The molecular formula is C14H11BrN4O6. The molecule has 2 N–H and O–H groups in total. The summed E-state index contributed by atoms with van der Waals surface area (Å²) in [7, 11) is 1.39. The van der Waals surface area contributed by atoms with Crippen LogP contribution in [0.3, 0.4) is 0 Å². The van der Waals surface area contributed by atoms with Crippen molar-refractivity contribution in [1.29, 1.82) is 0 Å². The normalized spacial score (nSPS) is 10.6. The molecule has 0 heterocycles. The van der Waals surface area contributed by atoms with Gasteiger partial charge in [0.2, 0.25) is 0 Å². The number of aromatic hydroxyl groups is 1. The Morgan fingerprint density at radius 2 is 1.96 bits per heavy atom. The number of nitrogens with one attached hydrogen (secondary N) is 1. The van der Waals surface area contributed by atoms with E-state index in [2.05, 4.69) is 26.5 Å². The highest BCUT2D eigenvalue weighted by Crippen LogP contribution is 2.34. The van der Waals surface area contributed by atoms with Gasteiger partial charge in [0.05, 0.1) is 33.7 Å². The Labute approximate surface area is 149 Å². The Morgan fingerprint density at radius 3 is 2.56 bits per heavy atom. The highest BCUT2D eigenvalue weighted by molar-refractivity contribution is 9.10. The van der Waals surface area contributed by atoms with Crippen LogP contribution in [0, 0.1) is 20.2 Å². The molecule has 0 bridgehead atoms. The van der Waals surface area contributed by atoms with Gasteiger partial charge < -0.3 is 9.84 Å². The summed E-state index contributed by atoms with van der Waals surface area (Å²) >= 11 is 3.16. The summed E-state index contributed by atoms with van der Waals surface area (Å²) in [6.07, 6.45) is 1.35. The van der Waals surface area contributed by atoms with Crippen molar-refractivity contribution in [3.63, 3.8) is 0 Å². The lowest BCUT2D eigenvalue weighted by Crippen LogP contribution is -1.99. The van der Waals surface area contributed by atoms with Crippen LogP contribution in [0.1, 0.15) is 5.56 Å². The number of methoxy groups -OCH3 is 1. The number of nitrogens with zero attached hydrogens (tertiary/aromatic N) is 3. The molecule has 0 atom stereocenters. The zero-order chi connectivity index (χ0) is 18.6. The molecule has 0 aromatic heterocycles. The fourth-order valence-electron chi connectivity index (χ4n) is 1.88. The molecule has 0 saturated carbocycles. The lowest BCUT2D eigenvalue weighted by molar-refractivity contribution is -0.393. The lowest BCUT2D eigenvalue weighted by atomic mass is 10.2. The van der Waals surface area contributed by atoms with E-state index in [0.29, 0.717) is 10.0 Å². The molecule has 2 aromatic carbocycles. The van der Waals surface area contributed by atoms with Gasteiger partial charge in [-0.15, -0.1) is 0 Å². The molecule has 0 amide bonds. The molecule has 2 rings (SSSR count). The van der Waals surface area contributed by atoms with E-state index in [0.717, 1.165) is 12.1 Å². The monoisotopic (exact) mass is 410 g/mol. The molecule has 0 spiro atoms. The van der Waals surface area contributed by atoms with E-state index in [1.165, 1.54) is 25.5 Å². The van der Waals surface area contributed by atoms with Crippen LogP contribution < -0.4 is 10.2 Å². The van der Waals surface area contributed by atoms with Gasteiger partial charge in [-0.1, -0.05) is 0 Å². The van der Waals surface area contributed by atoms with Crippen LogP contribution in [-0.4, -0.2) is 28.3 Å². The van der Waals surface area contributed by atoms with Crippen molar-refractivity contribution in [3.8, 4) is 11.5 Å². The van der Waals surface area contributed by atoms with E-state index >= 15 is 0 Å². The van der Waals surface area contributed by atoms with Gasteiger partial charge in [-0.2, -0.15) is 5.10 Å². The zero-order valence-electron chi connectivity index (χ0n) is 12.7. The molecule has 0 aliphatic rings. The highest BCUT2D eigenvalue weighted by atomic mass is 79.9. The molecule has 0 saturated heterocycles. The smallest absolute Gasteiger partial charge is 0.301 e. The molecule has 2 aromatic rings. The third-order valence-electron chi connectivity index (χ3n) is 3.06. The summed E-state index contributed by atoms with van der Waals surface area (Å²) in [6, 6.07) is 6.24. The van der Waals surface area contributed by atoms with Gasteiger partial charge in [0.1, 0.15) is 5.69 Å². The zero-order valence-corrected chi connectivity index (χ0v) is 14.3. The largest absolute Gasteiger partial charge is 0.503 e. The number of anilines is 1. The van der Waals surface area contributed by atoms with Gasteiger partial charge in [-0.25, -0.2) is 0 Å². The van der Waals surface area contributed by atoms with E-state index in [4.69, 9.17) is 4.74 Å². The molecule has 10 nitrogen and oxygen atoms in total. The maximum Gasteiger partial charge on any atom is 0.301 e. The second kappa shape index (κ2) is 7.57. The Balaban J connectivity index is 2.26. The average Bonchev–Trinajstić information content (AvgIpc) is 2.57. The first-order chi connectivity index (χ1) is 11.8. The van der Waals surface area contributed by atoms with Crippen LogP contribution in [0.4, 0.5) is 17.1 Å². The fourth-order valence-corrected chi connectivity index (χ4v) is 2.34. The van der Waals surface area contributed by atoms with Gasteiger partial charge in [0.15, 0.2) is 11.5 Å². The van der Waals surface area contributed by atoms with Gasteiger partial charge >= 0.3 is 5.69 Å². The van der Waals surface area contributed by atoms with Crippen LogP contribution in [0.15, 0.2) is 39.9 Å². The molecule has 0 aliphatic heterocycles. The number of hydrogen-bond donors (Lipinski definition) is 2. The van der Waals surface area contributed by atoms with Crippen molar-refractivity contribution >= 4 is 39.2 Å². The second-order valence-corrected chi connectivity index (χ2v) is 5.49. The molecule has 0 fully saturated rings. The van der Waals surface area contributed by atoms with Crippen LogP contribution in [0.25, 0.3) is 0 Å². The Bertz CT molecular complexity index is 871. The summed E-state index contributed by atoms with van der Waals surface area (Å²) in [4.78, 5) is 20.3. The quantitative estimate of drug-likeness (QED) is 0.422. The number of benzene rings is 2. The summed E-state index contributed by atoms with van der Waals surface area (Å²) in [5.74, 6) is 0.149. The molecule has 130 valence electrons. The number of hydrazone groups is 1. The Hall–Kier alpha value is -3.21. The second-order valence-electron chi connectivity index (χ2n) is 4.64. The Morgan fingerprint density at radius 1 is 1.24 bits per heavy atom. The number of non-ortho nitro benzene ring substituents is 1. The molecule has 0 unspecified atom stereocenters.